The molecule has 100 valence electrons. The van der Waals surface area contributed by atoms with Gasteiger partial charge in [-0.2, -0.15) is 5.26 Å². The summed E-state index contributed by atoms with van der Waals surface area (Å²) >= 11 is 0. The van der Waals surface area contributed by atoms with Crippen molar-refractivity contribution >= 4 is 11.8 Å². The number of amides is 1. The highest BCUT2D eigenvalue weighted by Gasteiger charge is 2.23. The fourth-order valence-corrected chi connectivity index (χ4v) is 2.45. The van der Waals surface area contributed by atoms with Crippen molar-refractivity contribution in [2.24, 2.45) is 7.05 Å². The quantitative estimate of drug-likeness (QED) is 0.862. The molecule has 2 heterocycles. The van der Waals surface area contributed by atoms with Crippen LogP contribution in [0, 0.1) is 11.3 Å². The van der Waals surface area contributed by atoms with Crippen molar-refractivity contribution in [2.75, 3.05) is 5.32 Å². The molecule has 2 aromatic rings. The fourth-order valence-electron chi connectivity index (χ4n) is 2.45. The number of anilines is 1. The summed E-state index contributed by atoms with van der Waals surface area (Å²) in [5.41, 5.74) is 4.25. The third-order valence-corrected chi connectivity index (χ3v) is 3.54. The molecule has 0 spiro atoms. The monoisotopic (exact) mass is 267 g/mol. The van der Waals surface area contributed by atoms with Crippen molar-refractivity contribution in [3.05, 3.63) is 41.6 Å². The number of hydrogen-bond donors (Lipinski definition) is 1. The number of ether oxygens (including phenoxy) is 1. The Labute approximate surface area is 116 Å². The molecule has 3 rings (SSSR count). The second-order valence-corrected chi connectivity index (χ2v) is 4.75. The molecule has 1 amide bonds. The van der Waals surface area contributed by atoms with Crippen molar-refractivity contribution < 1.29 is 9.53 Å². The van der Waals surface area contributed by atoms with Crippen molar-refractivity contribution in [3.63, 3.8) is 0 Å². The lowest BCUT2D eigenvalue weighted by Gasteiger charge is -2.24. The summed E-state index contributed by atoms with van der Waals surface area (Å²) in [5.74, 6) is 0. The van der Waals surface area contributed by atoms with Crippen LogP contribution < -0.4 is 5.32 Å². The van der Waals surface area contributed by atoms with Gasteiger partial charge in [0, 0.05) is 18.3 Å². The predicted octanol–water partition coefficient (Wildman–Crippen LogP) is 3.19. The van der Waals surface area contributed by atoms with E-state index in [1.165, 1.54) is 0 Å². The Bertz CT molecular complexity index is 740. The molecule has 1 aromatic carbocycles. The van der Waals surface area contributed by atoms with Gasteiger partial charge in [0.2, 0.25) is 0 Å². The highest BCUT2D eigenvalue weighted by Crippen LogP contribution is 2.34. The first kappa shape index (κ1) is 12.3. The minimum Gasteiger partial charge on any atom is -0.441 e. The van der Waals surface area contributed by atoms with Crippen LogP contribution in [0.25, 0.3) is 11.3 Å². The van der Waals surface area contributed by atoms with Crippen molar-refractivity contribution in [1.29, 1.82) is 5.26 Å². The zero-order chi connectivity index (χ0) is 14.3. The van der Waals surface area contributed by atoms with Crippen molar-refractivity contribution in [2.45, 2.75) is 13.0 Å². The van der Waals surface area contributed by atoms with Gasteiger partial charge in [0.25, 0.3) is 0 Å². The van der Waals surface area contributed by atoms with Crippen LogP contribution in [0.1, 0.15) is 24.3 Å². The van der Waals surface area contributed by atoms with Crippen LogP contribution >= 0.6 is 0 Å². The minimum atomic E-state index is -0.427. The SMILES string of the molecule is CC1OC(=O)Nc2ccc(-c3ccc(C#N)n3C)cc21. The summed E-state index contributed by atoms with van der Waals surface area (Å²) in [7, 11) is 1.86. The molecule has 1 atom stereocenters. The van der Waals surface area contributed by atoms with Gasteiger partial charge in [0.1, 0.15) is 17.9 Å². The molecule has 0 saturated heterocycles. The Morgan fingerprint density at radius 3 is 2.85 bits per heavy atom. The molecule has 0 aliphatic carbocycles. The number of cyclic esters (lactones) is 1. The Hall–Kier alpha value is -2.74. The maximum absolute atomic E-state index is 11.3. The van der Waals surface area contributed by atoms with Crippen LogP contribution in [0.15, 0.2) is 30.3 Å². The number of rotatable bonds is 1. The molecule has 5 nitrogen and oxygen atoms in total. The summed E-state index contributed by atoms with van der Waals surface area (Å²) in [6, 6.07) is 11.6. The number of carbonyl (C=O) groups excluding carboxylic acids is 1. The van der Waals surface area contributed by atoms with Crippen LogP contribution in [0.3, 0.4) is 0 Å². The Morgan fingerprint density at radius 2 is 2.15 bits per heavy atom. The average Bonchev–Trinajstić information content (AvgIpc) is 2.79. The number of nitriles is 1. The molecule has 0 fully saturated rings. The Balaban J connectivity index is 2.09. The van der Waals surface area contributed by atoms with Gasteiger partial charge < -0.3 is 9.30 Å². The van der Waals surface area contributed by atoms with Gasteiger partial charge >= 0.3 is 6.09 Å². The van der Waals surface area contributed by atoms with Gasteiger partial charge in [-0.15, -0.1) is 0 Å². The Morgan fingerprint density at radius 1 is 1.35 bits per heavy atom. The van der Waals surface area contributed by atoms with E-state index in [1.54, 1.807) is 6.07 Å². The summed E-state index contributed by atoms with van der Waals surface area (Å²) < 4.78 is 6.99. The molecular weight excluding hydrogens is 254 g/mol. The average molecular weight is 267 g/mol. The molecule has 1 N–H and O–H groups in total. The van der Waals surface area contributed by atoms with Gasteiger partial charge in [0.05, 0.1) is 5.69 Å². The van der Waals surface area contributed by atoms with E-state index < -0.39 is 6.09 Å². The molecule has 1 unspecified atom stereocenters. The zero-order valence-corrected chi connectivity index (χ0v) is 11.2. The number of carbonyl (C=O) groups is 1. The van der Waals surface area contributed by atoms with Crippen LogP contribution in [-0.4, -0.2) is 10.7 Å². The molecule has 0 radical (unpaired) electrons. The Kier molecular flexibility index (Phi) is 2.72. The first-order valence-electron chi connectivity index (χ1n) is 6.28. The number of nitrogens with one attached hydrogen (secondary N) is 1. The van der Waals surface area contributed by atoms with E-state index in [0.29, 0.717) is 5.69 Å². The molecule has 20 heavy (non-hydrogen) atoms. The number of nitrogens with zero attached hydrogens (tertiary/aromatic N) is 2. The number of benzene rings is 1. The van der Waals surface area contributed by atoms with Crippen LogP contribution in [0.4, 0.5) is 10.5 Å². The summed E-state index contributed by atoms with van der Waals surface area (Å²) in [6.45, 7) is 1.84. The molecule has 0 bridgehead atoms. The summed E-state index contributed by atoms with van der Waals surface area (Å²) in [5, 5.41) is 11.7. The summed E-state index contributed by atoms with van der Waals surface area (Å²) in [4.78, 5) is 11.3. The fraction of sp³-hybridized carbons (Fsp3) is 0.200. The van der Waals surface area contributed by atoms with E-state index in [2.05, 4.69) is 11.4 Å². The van der Waals surface area contributed by atoms with Gasteiger partial charge in [0.15, 0.2) is 0 Å². The lowest BCUT2D eigenvalue weighted by atomic mass is 10.0. The second-order valence-electron chi connectivity index (χ2n) is 4.75. The van der Waals surface area contributed by atoms with Crippen molar-refractivity contribution in [3.8, 4) is 17.3 Å². The van der Waals surface area contributed by atoms with Gasteiger partial charge in [-0.25, -0.2) is 4.79 Å². The first-order valence-corrected chi connectivity index (χ1v) is 6.28. The number of fused-ring (bicyclic) bond motifs is 1. The lowest BCUT2D eigenvalue weighted by Crippen LogP contribution is -2.23. The zero-order valence-electron chi connectivity index (χ0n) is 11.2. The highest BCUT2D eigenvalue weighted by molar-refractivity contribution is 5.89. The topological polar surface area (TPSA) is 67.0 Å². The van der Waals surface area contributed by atoms with Gasteiger partial charge in [-0.05, 0) is 36.8 Å². The van der Waals surface area contributed by atoms with Gasteiger partial charge in [-0.1, -0.05) is 6.07 Å². The summed E-state index contributed by atoms with van der Waals surface area (Å²) in [6.07, 6.45) is -0.710. The van der Waals surface area contributed by atoms with Crippen LogP contribution in [0.5, 0.6) is 0 Å². The van der Waals surface area contributed by atoms with Crippen LogP contribution in [0.2, 0.25) is 0 Å². The maximum Gasteiger partial charge on any atom is 0.412 e. The van der Waals surface area contributed by atoms with E-state index >= 15 is 0 Å². The molecule has 1 aromatic heterocycles. The number of hydrogen-bond acceptors (Lipinski definition) is 3. The third kappa shape index (κ3) is 1.82. The van der Waals surface area contributed by atoms with E-state index in [4.69, 9.17) is 10.00 Å². The molecule has 1 aliphatic rings. The molecule has 0 saturated carbocycles. The highest BCUT2D eigenvalue weighted by atomic mass is 16.6. The van der Waals surface area contributed by atoms with E-state index in [1.807, 2.05) is 42.8 Å². The predicted molar refractivity (Wildman–Crippen MR) is 74.1 cm³/mol. The van der Waals surface area contributed by atoms with Crippen LogP contribution in [-0.2, 0) is 11.8 Å². The standard InChI is InChI=1S/C15H13N3O2/c1-9-12-7-10(3-5-13(12)17-15(19)20-9)14-6-4-11(8-16)18(14)2/h3-7,9H,1-2H3,(H,17,19). The molecule has 1 aliphatic heterocycles. The van der Waals surface area contributed by atoms with E-state index in [-0.39, 0.29) is 6.10 Å². The number of aromatic nitrogens is 1. The second kappa shape index (κ2) is 4.42. The van der Waals surface area contributed by atoms with Gasteiger partial charge in [-0.3, -0.25) is 5.32 Å². The molecular formula is C15H13N3O2. The lowest BCUT2D eigenvalue weighted by molar-refractivity contribution is 0.116. The van der Waals surface area contributed by atoms with E-state index in [9.17, 15) is 4.79 Å². The minimum absolute atomic E-state index is 0.283. The maximum atomic E-state index is 11.3. The molecule has 5 heteroatoms. The normalized spacial score (nSPS) is 16.9. The van der Waals surface area contributed by atoms with E-state index in [0.717, 1.165) is 22.5 Å². The first-order chi connectivity index (χ1) is 9.60. The third-order valence-electron chi connectivity index (χ3n) is 3.54. The van der Waals surface area contributed by atoms with Crippen molar-refractivity contribution in [1.82, 2.24) is 4.57 Å². The smallest absolute Gasteiger partial charge is 0.412 e. The largest absolute Gasteiger partial charge is 0.441 e.